The minimum atomic E-state index is 0.528. The first-order valence-electron chi connectivity index (χ1n) is 3.30. The topological polar surface area (TPSA) is 58.5 Å². The first kappa shape index (κ1) is 5.61. The molecular formula is C5H12N4. The molecule has 2 saturated heterocycles. The van der Waals surface area contributed by atoms with Crippen LogP contribution in [0.25, 0.3) is 0 Å². The van der Waals surface area contributed by atoms with E-state index in [-0.39, 0.29) is 0 Å². The predicted octanol–water partition coefficient (Wildman–Crippen LogP) is -1.51. The summed E-state index contributed by atoms with van der Waals surface area (Å²) in [4.78, 5) is 0. The van der Waals surface area contributed by atoms with Gasteiger partial charge in [-0.15, -0.1) is 0 Å². The largest absolute Gasteiger partial charge is 0.268 e. The van der Waals surface area contributed by atoms with Crippen molar-refractivity contribution in [1.82, 2.24) is 10.0 Å². The molecule has 0 radical (unpaired) electrons. The summed E-state index contributed by atoms with van der Waals surface area (Å²) in [5, 5.41) is 3.79. The molecule has 0 aromatic rings. The summed E-state index contributed by atoms with van der Waals surface area (Å²) in [5.41, 5.74) is 0. The molecule has 2 rings (SSSR count). The minimum Gasteiger partial charge on any atom is -0.268 e. The van der Waals surface area contributed by atoms with Gasteiger partial charge in [0.2, 0.25) is 0 Å². The lowest BCUT2D eigenvalue weighted by atomic mass is 10.2. The molecule has 0 aliphatic carbocycles. The molecule has 2 fully saturated rings. The Hall–Kier alpha value is -0.160. The molecule has 0 amide bonds. The second-order valence-corrected chi connectivity index (χ2v) is 2.94. The standard InChI is InChI=1S/C5H12N4/c6-8-2-4-1-5(8)3-9(4)7/h4-5H,1-3,6-7H2. The van der Waals surface area contributed by atoms with Gasteiger partial charge in [-0.3, -0.25) is 11.7 Å². The van der Waals surface area contributed by atoms with E-state index in [0.717, 1.165) is 19.5 Å². The molecule has 2 aliphatic heterocycles. The van der Waals surface area contributed by atoms with Gasteiger partial charge >= 0.3 is 0 Å². The van der Waals surface area contributed by atoms with Crippen molar-refractivity contribution in [3.8, 4) is 0 Å². The average molecular weight is 128 g/mol. The third-order valence-corrected chi connectivity index (χ3v) is 2.33. The Morgan fingerprint density at radius 1 is 1.00 bits per heavy atom. The van der Waals surface area contributed by atoms with Gasteiger partial charge in [0.25, 0.3) is 0 Å². The van der Waals surface area contributed by atoms with E-state index in [1.54, 1.807) is 0 Å². The van der Waals surface area contributed by atoms with Crippen molar-refractivity contribution in [1.29, 1.82) is 0 Å². The molecule has 0 aromatic heterocycles. The van der Waals surface area contributed by atoms with Gasteiger partial charge in [0.1, 0.15) is 0 Å². The maximum absolute atomic E-state index is 5.63. The summed E-state index contributed by atoms with van der Waals surface area (Å²) in [5.74, 6) is 11.3. The number of nitrogens with two attached hydrogens (primary N) is 2. The zero-order valence-corrected chi connectivity index (χ0v) is 5.33. The number of hydrogen-bond acceptors (Lipinski definition) is 4. The summed E-state index contributed by atoms with van der Waals surface area (Å²) >= 11 is 0. The van der Waals surface area contributed by atoms with Gasteiger partial charge in [0, 0.05) is 25.2 Å². The van der Waals surface area contributed by atoms with Gasteiger partial charge in [0.15, 0.2) is 0 Å². The molecule has 4 N–H and O–H groups in total. The van der Waals surface area contributed by atoms with E-state index in [4.69, 9.17) is 11.7 Å². The molecule has 2 bridgehead atoms. The van der Waals surface area contributed by atoms with Crippen molar-refractivity contribution in [3.63, 3.8) is 0 Å². The number of hydrazine groups is 2. The zero-order valence-electron chi connectivity index (χ0n) is 5.33. The monoisotopic (exact) mass is 128 g/mol. The normalized spacial score (nSPS) is 44.7. The maximum Gasteiger partial charge on any atom is 0.0399 e. The summed E-state index contributed by atoms with van der Waals surface area (Å²) < 4.78 is 0. The Labute approximate surface area is 54.3 Å². The molecular weight excluding hydrogens is 116 g/mol. The number of fused-ring (bicyclic) bond motifs is 2. The van der Waals surface area contributed by atoms with E-state index in [1.807, 2.05) is 10.0 Å². The van der Waals surface area contributed by atoms with Crippen LogP contribution in [0.15, 0.2) is 0 Å². The summed E-state index contributed by atoms with van der Waals surface area (Å²) in [6.07, 6.45) is 1.16. The highest BCUT2D eigenvalue weighted by Gasteiger charge is 2.40. The first-order valence-corrected chi connectivity index (χ1v) is 3.30. The Morgan fingerprint density at radius 2 is 1.44 bits per heavy atom. The summed E-state index contributed by atoms with van der Waals surface area (Å²) in [7, 11) is 0. The Bertz CT molecular complexity index is 108. The number of nitrogens with zero attached hydrogens (tertiary/aromatic N) is 2. The van der Waals surface area contributed by atoms with Gasteiger partial charge in [-0.05, 0) is 6.42 Å². The molecule has 2 atom stereocenters. The van der Waals surface area contributed by atoms with Crippen LogP contribution < -0.4 is 11.7 Å². The van der Waals surface area contributed by atoms with Crippen molar-refractivity contribution in [2.45, 2.75) is 18.5 Å². The van der Waals surface area contributed by atoms with Gasteiger partial charge in [-0.1, -0.05) is 0 Å². The lowest BCUT2D eigenvalue weighted by molar-refractivity contribution is 0.131. The smallest absolute Gasteiger partial charge is 0.0399 e. The minimum absolute atomic E-state index is 0.528. The van der Waals surface area contributed by atoms with Gasteiger partial charge < -0.3 is 0 Å². The Kier molecular flexibility index (Phi) is 1.04. The molecule has 2 heterocycles. The molecule has 0 saturated carbocycles. The first-order chi connectivity index (χ1) is 4.27. The van der Waals surface area contributed by atoms with E-state index in [2.05, 4.69) is 0 Å². The molecule has 4 heteroatoms. The highest BCUT2D eigenvalue weighted by molar-refractivity contribution is 4.95. The zero-order chi connectivity index (χ0) is 6.43. The SMILES string of the molecule is NN1CC2CC1CN2N. The van der Waals surface area contributed by atoms with Crippen LogP contribution in [-0.4, -0.2) is 35.2 Å². The van der Waals surface area contributed by atoms with Crippen LogP contribution in [0, 0.1) is 0 Å². The van der Waals surface area contributed by atoms with Crippen LogP contribution in [0.4, 0.5) is 0 Å². The van der Waals surface area contributed by atoms with E-state index in [9.17, 15) is 0 Å². The van der Waals surface area contributed by atoms with Crippen LogP contribution in [0.3, 0.4) is 0 Å². The van der Waals surface area contributed by atoms with E-state index in [0.29, 0.717) is 12.1 Å². The van der Waals surface area contributed by atoms with Crippen molar-refractivity contribution < 1.29 is 0 Å². The second kappa shape index (κ2) is 1.67. The van der Waals surface area contributed by atoms with E-state index < -0.39 is 0 Å². The predicted molar refractivity (Wildman–Crippen MR) is 34.0 cm³/mol. The third kappa shape index (κ3) is 0.679. The average Bonchev–Trinajstić information content (AvgIpc) is 2.24. The van der Waals surface area contributed by atoms with Gasteiger partial charge in [-0.2, -0.15) is 0 Å². The molecule has 0 spiro atoms. The lowest BCUT2D eigenvalue weighted by Gasteiger charge is -2.27. The third-order valence-electron chi connectivity index (χ3n) is 2.33. The second-order valence-electron chi connectivity index (χ2n) is 2.94. The van der Waals surface area contributed by atoms with Crippen molar-refractivity contribution in [3.05, 3.63) is 0 Å². The molecule has 0 aromatic carbocycles. The fourth-order valence-corrected chi connectivity index (χ4v) is 1.73. The molecule has 2 unspecified atom stereocenters. The highest BCUT2D eigenvalue weighted by atomic mass is 15.6. The fraction of sp³-hybridized carbons (Fsp3) is 1.00. The number of hydrogen-bond donors (Lipinski definition) is 2. The summed E-state index contributed by atoms with van der Waals surface area (Å²) in [6, 6.07) is 1.06. The van der Waals surface area contributed by atoms with E-state index in [1.165, 1.54) is 0 Å². The van der Waals surface area contributed by atoms with Crippen molar-refractivity contribution in [2.75, 3.05) is 13.1 Å². The quantitative estimate of drug-likeness (QED) is 0.389. The molecule has 9 heavy (non-hydrogen) atoms. The number of piperazine rings is 1. The summed E-state index contributed by atoms with van der Waals surface area (Å²) in [6.45, 7) is 1.89. The van der Waals surface area contributed by atoms with Gasteiger partial charge in [-0.25, -0.2) is 10.0 Å². The van der Waals surface area contributed by atoms with Crippen LogP contribution in [0.1, 0.15) is 6.42 Å². The molecule has 2 aliphatic rings. The maximum atomic E-state index is 5.63. The Morgan fingerprint density at radius 3 is 1.67 bits per heavy atom. The highest BCUT2D eigenvalue weighted by Crippen LogP contribution is 2.24. The van der Waals surface area contributed by atoms with Crippen LogP contribution in [0.5, 0.6) is 0 Å². The van der Waals surface area contributed by atoms with E-state index >= 15 is 0 Å². The number of rotatable bonds is 0. The lowest BCUT2D eigenvalue weighted by Crippen LogP contribution is -2.51. The molecule has 4 nitrogen and oxygen atoms in total. The van der Waals surface area contributed by atoms with Crippen LogP contribution in [-0.2, 0) is 0 Å². The van der Waals surface area contributed by atoms with Gasteiger partial charge in [0.05, 0.1) is 0 Å². The van der Waals surface area contributed by atoms with Crippen molar-refractivity contribution in [2.24, 2.45) is 11.7 Å². The fourth-order valence-electron chi connectivity index (χ4n) is 1.73. The Balaban J connectivity index is 2.10. The van der Waals surface area contributed by atoms with Crippen molar-refractivity contribution >= 4 is 0 Å². The molecule has 52 valence electrons. The van der Waals surface area contributed by atoms with Crippen LogP contribution >= 0.6 is 0 Å². The van der Waals surface area contributed by atoms with Crippen LogP contribution in [0.2, 0.25) is 0 Å².